The first kappa shape index (κ1) is 35.9. The van der Waals surface area contributed by atoms with Crippen LogP contribution >= 0.6 is 0 Å². The summed E-state index contributed by atoms with van der Waals surface area (Å²) in [4.78, 5) is 20.8. The van der Waals surface area contributed by atoms with Crippen molar-refractivity contribution in [1.82, 2.24) is 0 Å². The summed E-state index contributed by atoms with van der Waals surface area (Å²) in [7, 11) is 4.13. The largest absolute Gasteiger partial charge is 0.495 e. The van der Waals surface area contributed by atoms with Crippen LogP contribution in [0.15, 0.2) is 76.9 Å². The summed E-state index contributed by atoms with van der Waals surface area (Å²) in [6, 6.07) is 5.38. The molecule has 1 atom stereocenters. The van der Waals surface area contributed by atoms with Gasteiger partial charge < -0.3 is 25.1 Å². The Morgan fingerprint density at radius 1 is 1.18 bits per heavy atom. The van der Waals surface area contributed by atoms with Crippen LogP contribution in [0.3, 0.4) is 0 Å². The number of hydrogen-bond donors (Lipinski definition) is 2. The molecule has 2 rings (SSSR count). The van der Waals surface area contributed by atoms with Gasteiger partial charge in [0, 0.05) is 37.2 Å². The molecule has 39 heavy (non-hydrogen) atoms. The number of nitrogens with one attached hydrogen (secondary N) is 1. The third kappa shape index (κ3) is 10.2. The lowest BCUT2D eigenvalue weighted by atomic mass is 9.76. The van der Waals surface area contributed by atoms with Crippen molar-refractivity contribution in [2.75, 3.05) is 26.6 Å². The molecule has 3 N–H and O–H groups in total. The average molecular weight is 539 g/mol. The Labute approximate surface area is 236 Å². The fourth-order valence-corrected chi connectivity index (χ4v) is 3.52. The van der Waals surface area contributed by atoms with E-state index in [9.17, 15) is 4.79 Å². The second-order valence-electron chi connectivity index (χ2n) is 9.59. The molecule has 9 heteroatoms. The van der Waals surface area contributed by atoms with Crippen LogP contribution in [0.4, 0.5) is 5.69 Å². The predicted molar refractivity (Wildman–Crippen MR) is 168 cm³/mol. The number of anilines is 1. The van der Waals surface area contributed by atoms with E-state index in [4.69, 9.17) is 14.3 Å². The minimum absolute atomic E-state index is 0.124. The number of aliphatic imine (C=N–C) groups is 2. The summed E-state index contributed by atoms with van der Waals surface area (Å²) >= 11 is 0. The maximum Gasteiger partial charge on any atom is 0.495 e. The highest BCUT2D eigenvalue weighted by atomic mass is 16.7. The van der Waals surface area contributed by atoms with Crippen LogP contribution in [-0.4, -0.2) is 64.5 Å². The number of amidine groups is 1. The Balaban J connectivity index is 0.00000269. The van der Waals surface area contributed by atoms with Gasteiger partial charge in [0.2, 0.25) is 0 Å². The molecule has 214 valence electrons. The number of benzene rings is 1. The van der Waals surface area contributed by atoms with Crippen LogP contribution in [0.25, 0.3) is 0 Å². The zero-order valence-electron chi connectivity index (χ0n) is 25.2. The maximum atomic E-state index is 12.0. The zero-order chi connectivity index (χ0) is 30.2. The molecule has 1 aromatic carbocycles. The Morgan fingerprint density at radius 2 is 1.74 bits per heavy atom. The molecular formula is C30H47BN4O4. The number of ether oxygens (including phenoxy) is 1. The van der Waals surface area contributed by atoms with E-state index < -0.39 is 18.3 Å². The van der Waals surface area contributed by atoms with E-state index in [-0.39, 0.29) is 6.04 Å². The van der Waals surface area contributed by atoms with Gasteiger partial charge in [-0.05, 0) is 78.0 Å². The van der Waals surface area contributed by atoms with E-state index >= 15 is 0 Å². The van der Waals surface area contributed by atoms with Crippen molar-refractivity contribution in [3.63, 3.8) is 0 Å². The fraction of sp³-hybridized carbons (Fsp3) is 0.433. The van der Waals surface area contributed by atoms with E-state index in [2.05, 4.69) is 47.6 Å². The Morgan fingerprint density at radius 3 is 2.18 bits per heavy atom. The summed E-state index contributed by atoms with van der Waals surface area (Å²) in [6.07, 6.45) is 8.63. The van der Waals surface area contributed by atoms with Crippen LogP contribution in [0.1, 0.15) is 58.3 Å². The van der Waals surface area contributed by atoms with Crippen molar-refractivity contribution in [1.29, 1.82) is 0 Å². The first-order chi connectivity index (χ1) is 18.4. The van der Waals surface area contributed by atoms with Crippen LogP contribution in [-0.2, 0) is 14.0 Å². The standard InChI is InChI=1S/C27H36BN3O3.C2H6O.CH5N/c1-10-13-20(11-2)24(12-3)31-25(19(4)17-29-9)30-22-14-15-23(21(16-22)18-32)28-33-26(5,6)27(7,8)34-28;1-3-2;1-2/h10-11,13-18,24H,1-2,9,12H2,3-8H3,(H,30,31);1-2H3;2H2,1H3/b19-17-,20-13+;;. The maximum absolute atomic E-state index is 12.0. The first-order valence-corrected chi connectivity index (χ1v) is 12.8. The number of rotatable bonds is 10. The van der Waals surface area contributed by atoms with Crippen molar-refractivity contribution in [3.05, 3.63) is 72.5 Å². The summed E-state index contributed by atoms with van der Waals surface area (Å²) in [5.74, 6) is 0.622. The second kappa shape index (κ2) is 17.5. The summed E-state index contributed by atoms with van der Waals surface area (Å²) in [5.41, 5.74) is 7.15. The molecular weight excluding hydrogens is 491 g/mol. The number of aldehydes is 1. The van der Waals surface area contributed by atoms with Gasteiger partial charge in [-0.1, -0.05) is 44.4 Å². The van der Waals surface area contributed by atoms with Gasteiger partial charge in [-0.3, -0.25) is 14.8 Å². The number of hydrogen-bond acceptors (Lipinski definition) is 7. The summed E-state index contributed by atoms with van der Waals surface area (Å²) in [6.45, 7) is 23.1. The van der Waals surface area contributed by atoms with Gasteiger partial charge in [-0.15, -0.1) is 0 Å². The fourth-order valence-electron chi connectivity index (χ4n) is 3.52. The highest BCUT2D eigenvalue weighted by Gasteiger charge is 2.52. The molecule has 0 spiro atoms. The zero-order valence-corrected chi connectivity index (χ0v) is 25.2. The van der Waals surface area contributed by atoms with Gasteiger partial charge in [0.15, 0.2) is 0 Å². The normalized spacial score (nSPS) is 17.1. The Bertz CT molecular complexity index is 1050. The molecule has 8 nitrogen and oxygen atoms in total. The lowest BCUT2D eigenvalue weighted by molar-refractivity contribution is 0.00578. The average Bonchev–Trinajstić information content (AvgIpc) is 3.13. The lowest BCUT2D eigenvalue weighted by Crippen LogP contribution is -2.41. The van der Waals surface area contributed by atoms with Crippen LogP contribution in [0.2, 0.25) is 0 Å². The molecule has 1 saturated heterocycles. The van der Waals surface area contributed by atoms with Crippen molar-refractivity contribution in [2.45, 2.75) is 65.2 Å². The molecule has 0 radical (unpaired) electrons. The minimum atomic E-state index is -0.623. The molecule has 1 fully saturated rings. The van der Waals surface area contributed by atoms with Crippen molar-refractivity contribution < 1.29 is 18.8 Å². The van der Waals surface area contributed by atoms with E-state index in [1.165, 1.54) is 7.05 Å². The molecule has 1 heterocycles. The monoisotopic (exact) mass is 538 g/mol. The van der Waals surface area contributed by atoms with Gasteiger partial charge >= 0.3 is 7.12 Å². The number of methoxy groups -OCH3 is 1. The van der Waals surface area contributed by atoms with Gasteiger partial charge in [0.1, 0.15) is 12.1 Å². The SMILES string of the molecule is C=C/C=C(\C=C)C(CC)N=C(Nc1ccc(B2OC(C)(C)C(C)(C)O2)c(C=O)c1)/C(C)=C\N=C.CN.COC. The van der Waals surface area contributed by atoms with E-state index in [1.807, 2.05) is 52.8 Å². The topological polar surface area (TPSA) is 108 Å². The predicted octanol–water partition coefficient (Wildman–Crippen LogP) is 5.13. The van der Waals surface area contributed by atoms with E-state index in [0.29, 0.717) is 22.5 Å². The Kier molecular flexibility index (Phi) is 16.1. The van der Waals surface area contributed by atoms with Crippen molar-refractivity contribution in [2.24, 2.45) is 15.7 Å². The number of nitrogens with zero attached hydrogens (tertiary/aromatic N) is 2. The van der Waals surface area contributed by atoms with Crippen LogP contribution in [0, 0.1) is 0 Å². The van der Waals surface area contributed by atoms with E-state index in [0.717, 1.165) is 23.9 Å². The molecule has 0 amide bonds. The molecule has 0 aromatic heterocycles. The molecule has 1 aromatic rings. The van der Waals surface area contributed by atoms with Crippen molar-refractivity contribution >= 4 is 37.1 Å². The first-order valence-electron chi connectivity index (χ1n) is 12.8. The quantitative estimate of drug-likeness (QED) is 0.141. The van der Waals surface area contributed by atoms with Gasteiger partial charge in [0.05, 0.1) is 17.2 Å². The molecule has 0 saturated carbocycles. The van der Waals surface area contributed by atoms with Crippen LogP contribution < -0.4 is 16.5 Å². The van der Waals surface area contributed by atoms with Crippen LogP contribution in [0.5, 0.6) is 0 Å². The summed E-state index contributed by atoms with van der Waals surface area (Å²) in [5, 5.41) is 3.34. The summed E-state index contributed by atoms with van der Waals surface area (Å²) < 4.78 is 16.5. The third-order valence-electron chi connectivity index (χ3n) is 6.24. The van der Waals surface area contributed by atoms with Gasteiger partial charge in [0.25, 0.3) is 0 Å². The molecule has 0 bridgehead atoms. The minimum Gasteiger partial charge on any atom is -0.399 e. The highest BCUT2D eigenvalue weighted by molar-refractivity contribution is 6.63. The molecule has 1 unspecified atom stereocenters. The van der Waals surface area contributed by atoms with Gasteiger partial charge in [-0.25, -0.2) is 0 Å². The third-order valence-corrected chi connectivity index (χ3v) is 6.24. The Hall–Kier alpha value is -3.11. The smallest absolute Gasteiger partial charge is 0.399 e. The van der Waals surface area contributed by atoms with Gasteiger partial charge in [-0.2, -0.15) is 0 Å². The van der Waals surface area contributed by atoms with E-state index in [1.54, 1.807) is 38.6 Å². The van der Waals surface area contributed by atoms with Crippen molar-refractivity contribution in [3.8, 4) is 0 Å². The molecule has 1 aliphatic rings. The second-order valence-corrected chi connectivity index (χ2v) is 9.59. The number of nitrogens with two attached hydrogens (primary N) is 1. The number of allylic oxidation sites excluding steroid dienone is 2. The highest BCUT2D eigenvalue weighted by Crippen LogP contribution is 2.36. The lowest BCUT2D eigenvalue weighted by Gasteiger charge is -2.32. The number of carbonyl (C=O) groups excluding carboxylic acids is 1. The molecule has 1 aliphatic heterocycles. The molecule has 0 aliphatic carbocycles. The number of carbonyl (C=O) groups is 1.